The molecule has 0 aromatic heterocycles. The average Bonchev–Trinajstić information content (AvgIpc) is 1.68. The van der Waals surface area contributed by atoms with Gasteiger partial charge in [-0.05, 0) is 6.92 Å². The molecule has 0 aliphatic carbocycles. The van der Waals surface area contributed by atoms with Gasteiger partial charge in [-0.2, -0.15) is 0 Å². The van der Waals surface area contributed by atoms with E-state index in [0.29, 0.717) is 6.61 Å². The highest BCUT2D eigenvalue weighted by atomic mass is 16.5. The van der Waals surface area contributed by atoms with Gasteiger partial charge in [0.2, 0.25) is 1.43 Å². The summed E-state index contributed by atoms with van der Waals surface area (Å²) in [6, 6.07) is 0. The van der Waals surface area contributed by atoms with Gasteiger partial charge in [0, 0.05) is 7.11 Å². The Bertz CT molecular complexity index is 40.7. The molecule has 2 heteroatoms. The Balaban J connectivity index is 2.83. The Morgan fingerprint density at radius 3 is 3.00 bits per heavy atom. The summed E-state index contributed by atoms with van der Waals surface area (Å²) in [7, 11) is 1.58. The van der Waals surface area contributed by atoms with Gasteiger partial charge in [0.25, 0.3) is 0 Å². The summed E-state index contributed by atoms with van der Waals surface area (Å²) < 4.78 is 11.0. The molecule has 0 aliphatic heterocycles. The molecule has 0 saturated carbocycles. The van der Waals surface area contributed by atoms with Gasteiger partial charge in [-0.3, -0.25) is 0 Å². The van der Waals surface area contributed by atoms with Gasteiger partial charge in [0.15, 0.2) is 0 Å². The van der Waals surface area contributed by atoms with Gasteiger partial charge in [-0.25, -0.2) is 0 Å². The molecule has 0 rings (SSSR count). The van der Waals surface area contributed by atoms with Crippen LogP contribution in [0.25, 0.3) is 0 Å². The highest BCUT2D eigenvalue weighted by molar-refractivity contribution is 4.36. The zero-order valence-electron chi connectivity index (χ0n) is 5.10. The normalized spacial score (nSPS) is 16.7. The first-order valence-corrected chi connectivity index (χ1v) is 1.92. The summed E-state index contributed by atoms with van der Waals surface area (Å²) in [5, 5.41) is 4.12. The lowest BCUT2D eigenvalue weighted by atomic mass is 10.5. The van der Waals surface area contributed by atoms with Crippen LogP contribution in [-0.4, -0.2) is 26.4 Å². The van der Waals surface area contributed by atoms with Crippen molar-refractivity contribution in [1.82, 2.24) is 0 Å². The second-order valence-corrected chi connectivity index (χ2v) is 1.27. The van der Waals surface area contributed by atoms with Crippen molar-refractivity contribution >= 4 is 0 Å². The number of aliphatic hydroxyl groups excluding tert-OH is 1. The third-order valence-corrected chi connectivity index (χ3v) is 0.401. The Morgan fingerprint density at radius 2 is 2.83 bits per heavy atom. The van der Waals surface area contributed by atoms with Crippen LogP contribution in [0.2, 0.25) is 0 Å². The molecule has 2 nitrogen and oxygen atoms in total. The van der Waals surface area contributed by atoms with E-state index in [0.717, 1.165) is 0 Å². The van der Waals surface area contributed by atoms with Crippen molar-refractivity contribution in [3.05, 3.63) is 0 Å². The van der Waals surface area contributed by atoms with Crippen LogP contribution in [0.3, 0.4) is 0 Å². The molecule has 0 heterocycles. The summed E-state index contributed by atoms with van der Waals surface area (Å²) in [5.74, 6) is 0. The molecule has 0 amide bonds. The molecule has 0 radical (unpaired) electrons. The molecule has 0 fully saturated rings. The van der Waals surface area contributed by atoms with Crippen molar-refractivity contribution in [1.29, 1.82) is 1.43 Å². The SMILES string of the molecule is [2H]OC(C)COC. The summed E-state index contributed by atoms with van der Waals surface area (Å²) in [5.41, 5.74) is 0. The van der Waals surface area contributed by atoms with Crippen molar-refractivity contribution in [2.45, 2.75) is 13.0 Å². The molecule has 0 aromatic rings. The predicted octanol–water partition coefficient (Wildman–Crippen LogP) is 0.0136. The van der Waals surface area contributed by atoms with Crippen LogP contribution in [0.5, 0.6) is 0 Å². The number of aliphatic hydroxyl groups is 1. The van der Waals surface area contributed by atoms with Crippen LogP contribution in [0.1, 0.15) is 6.92 Å². The fourth-order valence-electron chi connectivity index (χ4n) is 0.235. The Hall–Kier alpha value is -0.0800. The molecule has 0 aromatic carbocycles. The van der Waals surface area contributed by atoms with E-state index in [4.69, 9.17) is 1.43 Å². The number of hydrogen-bond acceptors (Lipinski definition) is 2. The molecule has 1 unspecified atom stereocenters. The standard InChI is InChI=1S/C4H10O2/c1-4(5)3-6-2/h4-5H,3H2,1-2H3/i5D. The molecular formula is C4H10O2. The molecule has 0 aliphatic rings. The Kier molecular flexibility index (Phi) is 2.13. The van der Waals surface area contributed by atoms with Crippen LogP contribution in [0, 0.1) is 0 Å². The summed E-state index contributed by atoms with van der Waals surface area (Å²) in [6.45, 7) is 2.26. The van der Waals surface area contributed by atoms with Crippen LogP contribution >= 0.6 is 0 Å². The largest absolute Gasteiger partial charge is 0.391 e. The van der Waals surface area contributed by atoms with Crippen LogP contribution < -0.4 is 0 Å². The van der Waals surface area contributed by atoms with E-state index in [2.05, 4.69) is 9.85 Å². The quantitative estimate of drug-likeness (QED) is 0.530. The van der Waals surface area contributed by atoms with Gasteiger partial charge in [0.1, 0.15) is 0 Å². The van der Waals surface area contributed by atoms with Crippen molar-refractivity contribution in [3.8, 4) is 0 Å². The molecule has 6 heavy (non-hydrogen) atoms. The van der Waals surface area contributed by atoms with Crippen LogP contribution in [-0.2, 0) is 4.74 Å². The van der Waals surface area contributed by atoms with Crippen molar-refractivity contribution in [2.24, 2.45) is 0 Å². The van der Waals surface area contributed by atoms with Gasteiger partial charge >= 0.3 is 0 Å². The zero-order chi connectivity index (χ0) is 5.70. The molecule has 1 N–H and O–H groups in total. The smallest absolute Gasteiger partial charge is 0.211 e. The maximum Gasteiger partial charge on any atom is 0.211 e. The van der Waals surface area contributed by atoms with E-state index in [1.54, 1.807) is 14.0 Å². The van der Waals surface area contributed by atoms with Crippen molar-refractivity contribution < 1.29 is 9.85 Å². The predicted molar refractivity (Wildman–Crippen MR) is 23.6 cm³/mol. The van der Waals surface area contributed by atoms with Crippen molar-refractivity contribution in [3.63, 3.8) is 0 Å². The minimum absolute atomic E-state index is 0.106. The molecular weight excluding hydrogens is 80.0 g/mol. The van der Waals surface area contributed by atoms with E-state index in [1.165, 1.54) is 0 Å². The number of rotatable bonds is 3. The fourth-order valence-corrected chi connectivity index (χ4v) is 0.235. The Labute approximate surface area is 39.2 Å². The maximum absolute atomic E-state index is 6.33. The van der Waals surface area contributed by atoms with Gasteiger partial charge in [-0.1, -0.05) is 0 Å². The first-order valence-electron chi connectivity index (χ1n) is 2.33. The summed E-state index contributed by atoms with van der Waals surface area (Å²) in [6.07, 6.45) is -0.106. The van der Waals surface area contributed by atoms with E-state index in [9.17, 15) is 0 Å². The van der Waals surface area contributed by atoms with E-state index in [1.807, 2.05) is 0 Å². The highest BCUT2D eigenvalue weighted by Crippen LogP contribution is 1.75. The number of ether oxygens (including phenoxy) is 1. The third-order valence-electron chi connectivity index (χ3n) is 0.401. The maximum atomic E-state index is 6.33. The molecule has 0 spiro atoms. The molecule has 1 atom stereocenters. The minimum Gasteiger partial charge on any atom is -0.391 e. The number of hydrogen-bond donors (Lipinski definition) is 1. The lowest BCUT2D eigenvalue weighted by Crippen LogP contribution is -2.07. The lowest BCUT2D eigenvalue weighted by Gasteiger charge is -1.97. The first-order chi connectivity index (χ1) is 3.31. The van der Waals surface area contributed by atoms with E-state index >= 15 is 0 Å². The van der Waals surface area contributed by atoms with Gasteiger partial charge in [0.05, 0.1) is 12.7 Å². The Morgan fingerprint density at radius 1 is 2.17 bits per heavy atom. The second kappa shape index (κ2) is 3.12. The second-order valence-electron chi connectivity index (χ2n) is 1.27. The minimum atomic E-state index is -0.106. The van der Waals surface area contributed by atoms with Gasteiger partial charge < -0.3 is 9.85 Å². The fraction of sp³-hybridized carbons (Fsp3) is 1.00. The lowest BCUT2D eigenvalue weighted by molar-refractivity contribution is 0.0765. The topological polar surface area (TPSA) is 29.5 Å². The molecule has 38 valence electrons. The third kappa shape index (κ3) is 3.92. The van der Waals surface area contributed by atoms with E-state index in [-0.39, 0.29) is 6.10 Å². The van der Waals surface area contributed by atoms with Gasteiger partial charge in [-0.15, -0.1) is 0 Å². The summed E-state index contributed by atoms with van der Waals surface area (Å²) >= 11 is 0. The molecule has 0 bridgehead atoms. The number of methoxy groups -OCH3 is 1. The average molecular weight is 91.1 g/mol. The summed E-state index contributed by atoms with van der Waals surface area (Å²) in [4.78, 5) is 0. The van der Waals surface area contributed by atoms with Crippen LogP contribution in [0.4, 0.5) is 0 Å². The molecule has 0 saturated heterocycles. The monoisotopic (exact) mass is 91.1 g/mol. The van der Waals surface area contributed by atoms with Crippen molar-refractivity contribution in [2.75, 3.05) is 13.7 Å². The zero-order valence-corrected chi connectivity index (χ0v) is 4.10. The highest BCUT2D eigenvalue weighted by Gasteiger charge is 1.87. The van der Waals surface area contributed by atoms with E-state index < -0.39 is 0 Å². The first kappa shape index (κ1) is 4.09. The van der Waals surface area contributed by atoms with Crippen LogP contribution in [0.15, 0.2) is 0 Å².